The van der Waals surface area contributed by atoms with E-state index in [2.05, 4.69) is 0 Å². The maximum absolute atomic E-state index is 12.3. The summed E-state index contributed by atoms with van der Waals surface area (Å²) in [5.74, 6) is -1.77. The SMILES string of the molecule is COCCc1cccc([C@H]2CN(C(=O)OC(C)(C)C)C[C@@H]2C(=O)O)c1. The molecule has 0 aromatic heterocycles. The second kappa shape index (κ2) is 7.87. The van der Waals surface area contributed by atoms with Crippen molar-refractivity contribution in [1.29, 1.82) is 0 Å². The van der Waals surface area contributed by atoms with E-state index >= 15 is 0 Å². The van der Waals surface area contributed by atoms with Gasteiger partial charge in [-0.1, -0.05) is 24.3 Å². The van der Waals surface area contributed by atoms with Crippen LogP contribution in [0.1, 0.15) is 37.8 Å². The van der Waals surface area contributed by atoms with E-state index < -0.39 is 23.6 Å². The Labute approximate surface area is 148 Å². The molecular weight excluding hydrogens is 322 g/mol. The number of carbonyl (C=O) groups excluding carboxylic acids is 1. The lowest BCUT2D eigenvalue weighted by Crippen LogP contribution is -2.35. The quantitative estimate of drug-likeness (QED) is 0.884. The molecule has 1 amide bonds. The number of carboxylic acids is 1. The molecule has 6 heteroatoms. The normalized spacial score (nSPS) is 20.6. The van der Waals surface area contributed by atoms with E-state index in [9.17, 15) is 14.7 Å². The fourth-order valence-electron chi connectivity index (χ4n) is 3.07. The van der Waals surface area contributed by atoms with Gasteiger partial charge in [-0.3, -0.25) is 4.79 Å². The molecule has 1 N–H and O–H groups in total. The molecule has 1 fully saturated rings. The first kappa shape index (κ1) is 19.2. The van der Waals surface area contributed by atoms with Crippen molar-refractivity contribution < 1.29 is 24.2 Å². The molecule has 0 radical (unpaired) electrons. The number of hydrogen-bond donors (Lipinski definition) is 1. The summed E-state index contributed by atoms with van der Waals surface area (Å²) in [4.78, 5) is 25.5. The lowest BCUT2D eigenvalue weighted by Gasteiger charge is -2.24. The van der Waals surface area contributed by atoms with Gasteiger partial charge in [-0.2, -0.15) is 0 Å². The van der Waals surface area contributed by atoms with Crippen LogP contribution in [0.4, 0.5) is 4.79 Å². The van der Waals surface area contributed by atoms with Gasteiger partial charge in [-0.25, -0.2) is 4.79 Å². The topological polar surface area (TPSA) is 76.1 Å². The van der Waals surface area contributed by atoms with Crippen LogP contribution >= 0.6 is 0 Å². The number of methoxy groups -OCH3 is 1. The average Bonchev–Trinajstić information content (AvgIpc) is 2.97. The number of amides is 1. The molecule has 0 saturated carbocycles. The third-order valence-electron chi connectivity index (χ3n) is 4.26. The minimum absolute atomic E-state index is 0.164. The number of likely N-dealkylation sites (tertiary alicyclic amines) is 1. The lowest BCUT2D eigenvalue weighted by atomic mass is 9.88. The van der Waals surface area contributed by atoms with Gasteiger partial charge >= 0.3 is 12.1 Å². The van der Waals surface area contributed by atoms with Crippen LogP contribution in [-0.4, -0.2) is 54.5 Å². The zero-order valence-corrected chi connectivity index (χ0v) is 15.3. The van der Waals surface area contributed by atoms with Gasteiger partial charge in [0.15, 0.2) is 0 Å². The molecule has 0 aliphatic carbocycles. The fourth-order valence-corrected chi connectivity index (χ4v) is 3.07. The molecule has 2 atom stereocenters. The summed E-state index contributed by atoms with van der Waals surface area (Å²) >= 11 is 0. The van der Waals surface area contributed by atoms with E-state index in [0.29, 0.717) is 13.2 Å². The number of ether oxygens (including phenoxy) is 2. The first-order valence-corrected chi connectivity index (χ1v) is 8.50. The fraction of sp³-hybridized carbons (Fsp3) is 0.579. The van der Waals surface area contributed by atoms with Gasteiger partial charge in [-0.05, 0) is 38.3 Å². The summed E-state index contributed by atoms with van der Waals surface area (Å²) in [6.45, 7) is 6.52. The van der Waals surface area contributed by atoms with Crippen LogP contribution in [0.3, 0.4) is 0 Å². The Morgan fingerprint density at radius 2 is 2.00 bits per heavy atom. The number of hydrogen-bond acceptors (Lipinski definition) is 4. The van der Waals surface area contributed by atoms with Crippen LogP contribution in [0.25, 0.3) is 0 Å². The van der Waals surface area contributed by atoms with Crippen molar-refractivity contribution in [3.63, 3.8) is 0 Å². The third-order valence-corrected chi connectivity index (χ3v) is 4.26. The molecule has 1 aromatic carbocycles. The van der Waals surface area contributed by atoms with Crippen molar-refractivity contribution in [2.45, 2.75) is 38.7 Å². The van der Waals surface area contributed by atoms with E-state index in [1.54, 1.807) is 27.9 Å². The largest absolute Gasteiger partial charge is 0.481 e. The minimum atomic E-state index is -0.890. The summed E-state index contributed by atoms with van der Waals surface area (Å²) in [6.07, 6.45) is 0.307. The Bertz CT molecular complexity index is 622. The molecular formula is C19H27NO5. The molecule has 1 aliphatic rings. The third kappa shape index (κ3) is 5.19. The van der Waals surface area contributed by atoms with Crippen LogP contribution in [0, 0.1) is 5.92 Å². The summed E-state index contributed by atoms with van der Waals surface area (Å²) in [5, 5.41) is 9.59. The van der Waals surface area contributed by atoms with Gasteiger partial charge in [0, 0.05) is 26.1 Å². The molecule has 1 saturated heterocycles. The Balaban J connectivity index is 2.18. The standard InChI is InChI=1S/C19H27NO5/c1-19(2,3)25-18(23)20-11-15(16(12-20)17(21)22)14-7-5-6-13(10-14)8-9-24-4/h5-7,10,15-16H,8-9,11-12H2,1-4H3,(H,21,22)/t15-,16+/m1/s1. The Morgan fingerprint density at radius 3 is 2.60 bits per heavy atom. The number of nitrogens with zero attached hydrogens (tertiary/aromatic N) is 1. The van der Waals surface area contributed by atoms with E-state index in [4.69, 9.17) is 9.47 Å². The molecule has 1 aromatic rings. The number of carboxylic acid groups (broad SMARTS) is 1. The Kier molecular flexibility index (Phi) is 6.06. The first-order chi connectivity index (χ1) is 11.7. The monoisotopic (exact) mass is 349 g/mol. The predicted molar refractivity (Wildman–Crippen MR) is 93.7 cm³/mol. The number of rotatable bonds is 5. The van der Waals surface area contributed by atoms with Crippen LogP contribution in [0.2, 0.25) is 0 Å². The van der Waals surface area contributed by atoms with Crippen molar-refractivity contribution >= 4 is 12.1 Å². The number of carbonyl (C=O) groups is 2. The van der Waals surface area contributed by atoms with Gasteiger partial charge in [0.25, 0.3) is 0 Å². The summed E-state index contributed by atoms with van der Waals surface area (Å²) in [5.41, 5.74) is 1.43. The highest BCUT2D eigenvalue weighted by Gasteiger charge is 2.41. The maximum Gasteiger partial charge on any atom is 0.410 e. The summed E-state index contributed by atoms with van der Waals surface area (Å²) in [7, 11) is 1.65. The van der Waals surface area contributed by atoms with Crippen molar-refractivity contribution in [2.24, 2.45) is 5.92 Å². The second-order valence-corrected chi connectivity index (χ2v) is 7.42. The molecule has 0 spiro atoms. The zero-order valence-electron chi connectivity index (χ0n) is 15.3. The molecule has 0 bridgehead atoms. The summed E-state index contributed by atoms with van der Waals surface area (Å²) in [6, 6.07) is 7.86. The lowest BCUT2D eigenvalue weighted by molar-refractivity contribution is -0.141. The zero-order chi connectivity index (χ0) is 18.6. The van der Waals surface area contributed by atoms with Crippen LogP contribution in [0.15, 0.2) is 24.3 Å². The molecule has 25 heavy (non-hydrogen) atoms. The molecule has 138 valence electrons. The van der Waals surface area contributed by atoms with Crippen molar-refractivity contribution in [2.75, 3.05) is 26.8 Å². The highest BCUT2D eigenvalue weighted by Crippen LogP contribution is 2.34. The van der Waals surface area contributed by atoms with Crippen LogP contribution in [-0.2, 0) is 20.7 Å². The molecule has 0 unspecified atom stereocenters. The summed E-state index contributed by atoms with van der Waals surface area (Å²) < 4.78 is 10.5. The minimum Gasteiger partial charge on any atom is -0.481 e. The second-order valence-electron chi connectivity index (χ2n) is 7.42. The van der Waals surface area contributed by atoms with Crippen LogP contribution in [0.5, 0.6) is 0 Å². The smallest absolute Gasteiger partial charge is 0.410 e. The Morgan fingerprint density at radius 1 is 1.28 bits per heavy atom. The number of benzene rings is 1. The number of aliphatic carboxylic acids is 1. The molecule has 1 heterocycles. The van der Waals surface area contributed by atoms with Crippen molar-refractivity contribution in [1.82, 2.24) is 4.90 Å². The molecule has 2 rings (SSSR count). The Hall–Kier alpha value is -2.08. The first-order valence-electron chi connectivity index (χ1n) is 8.50. The van der Waals surface area contributed by atoms with Gasteiger partial charge in [0.2, 0.25) is 0 Å². The van der Waals surface area contributed by atoms with Crippen LogP contribution < -0.4 is 0 Å². The van der Waals surface area contributed by atoms with E-state index in [1.807, 2.05) is 24.3 Å². The van der Waals surface area contributed by atoms with Gasteiger partial charge in [-0.15, -0.1) is 0 Å². The highest BCUT2D eigenvalue weighted by molar-refractivity contribution is 5.76. The molecule has 1 aliphatic heterocycles. The van der Waals surface area contributed by atoms with Gasteiger partial charge in [0.05, 0.1) is 12.5 Å². The van der Waals surface area contributed by atoms with E-state index in [0.717, 1.165) is 17.5 Å². The molecule has 6 nitrogen and oxygen atoms in total. The van der Waals surface area contributed by atoms with Gasteiger partial charge < -0.3 is 19.5 Å². The van der Waals surface area contributed by atoms with E-state index in [-0.39, 0.29) is 12.5 Å². The van der Waals surface area contributed by atoms with Crippen molar-refractivity contribution in [3.8, 4) is 0 Å². The van der Waals surface area contributed by atoms with E-state index in [1.165, 1.54) is 4.90 Å². The van der Waals surface area contributed by atoms with Gasteiger partial charge in [0.1, 0.15) is 5.60 Å². The maximum atomic E-state index is 12.3. The van der Waals surface area contributed by atoms with Crippen molar-refractivity contribution in [3.05, 3.63) is 35.4 Å². The predicted octanol–water partition coefficient (Wildman–Crippen LogP) is 2.91. The average molecular weight is 349 g/mol. The highest BCUT2D eigenvalue weighted by atomic mass is 16.6.